The summed E-state index contributed by atoms with van der Waals surface area (Å²) in [6.45, 7) is 3.80. The van der Waals surface area contributed by atoms with Gasteiger partial charge < -0.3 is 15.4 Å². The van der Waals surface area contributed by atoms with Crippen molar-refractivity contribution in [2.45, 2.75) is 11.8 Å². The number of morpholine rings is 1. The second-order valence-electron chi connectivity index (χ2n) is 5.45. The summed E-state index contributed by atoms with van der Waals surface area (Å²) in [4.78, 5) is 10.5. The predicted molar refractivity (Wildman–Crippen MR) is 92.6 cm³/mol. The minimum Gasteiger partial charge on any atom is -0.378 e. The number of aromatic nitrogens is 2. The van der Waals surface area contributed by atoms with E-state index in [2.05, 4.69) is 9.97 Å². The van der Waals surface area contributed by atoms with E-state index in [4.69, 9.17) is 10.5 Å². The van der Waals surface area contributed by atoms with E-state index in [0.717, 1.165) is 0 Å². The Balaban J connectivity index is 2.27. The van der Waals surface area contributed by atoms with Crippen LogP contribution in [0.5, 0.6) is 0 Å². The van der Waals surface area contributed by atoms with Gasteiger partial charge in [0.25, 0.3) is 0 Å². The van der Waals surface area contributed by atoms with Gasteiger partial charge in [-0.15, -0.1) is 0 Å². The molecule has 1 saturated heterocycles. The Labute approximate surface area is 141 Å². The maximum atomic E-state index is 12.8. The van der Waals surface area contributed by atoms with Gasteiger partial charge in [-0.3, -0.25) is 0 Å². The molecule has 24 heavy (non-hydrogen) atoms. The summed E-state index contributed by atoms with van der Waals surface area (Å²) in [6.07, 6.45) is 0. The van der Waals surface area contributed by atoms with Crippen LogP contribution in [0.1, 0.15) is 6.92 Å². The van der Waals surface area contributed by atoms with E-state index in [0.29, 0.717) is 43.4 Å². The number of rotatable bonds is 4. The van der Waals surface area contributed by atoms with Crippen molar-refractivity contribution in [2.24, 2.45) is 0 Å². The smallest absolute Gasteiger partial charge is 0.222 e. The van der Waals surface area contributed by atoms with E-state index in [1.165, 1.54) is 0 Å². The van der Waals surface area contributed by atoms with Crippen LogP contribution in [0.2, 0.25) is 0 Å². The lowest BCUT2D eigenvalue weighted by Crippen LogP contribution is -2.38. The molecule has 0 aliphatic carbocycles. The van der Waals surface area contributed by atoms with Crippen molar-refractivity contribution in [2.75, 3.05) is 42.7 Å². The van der Waals surface area contributed by atoms with Crippen molar-refractivity contribution in [3.63, 3.8) is 0 Å². The number of benzene rings is 1. The minimum absolute atomic E-state index is 0.0303. The maximum absolute atomic E-state index is 12.8. The fraction of sp³-hybridized carbons (Fsp3) is 0.375. The summed E-state index contributed by atoms with van der Waals surface area (Å²) in [6, 6.07) is 9.18. The van der Waals surface area contributed by atoms with Crippen molar-refractivity contribution < 1.29 is 13.2 Å². The largest absolute Gasteiger partial charge is 0.378 e. The van der Waals surface area contributed by atoms with E-state index in [1.807, 2.05) is 35.2 Å². The molecule has 0 radical (unpaired) electrons. The summed E-state index contributed by atoms with van der Waals surface area (Å²) in [5.74, 6) is 0.397. The lowest BCUT2D eigenvalue weighted by Gasteiger charge is -2.30. The summed E-state index contributed by atoms with van der Waals surface area (Å²) >= 11 is 0. The molecule has 7 nitrogen and oxygen atoms in total. The summed E-state index contributed by atoms with van der Waals surface area (Å²) in [5.41, 5.74) is 6.94. The van der Waals surface area contributed by atoms with Crippen molar-refractivity contribution in [1.82, 2.24) is 9.97 Å². The quantitative estimate of drug-likeness (QED) is 0.890. The highest BCUT2D eigenvalue weighted by Crippen LogP contribution is 2.34. The molecule has 8 heteroatoms. The highest BCUT2D eigenvalue weighted by Gasteiger charge is 2.29. The molecule has 1 aromatic heterocycles. The van der Waals surface area contributed by atoms with Crippen LogP contribution in [0.15, 0.2) is 35.2 Å². The molecule has 0 atom stereocenters. The molecule has 2 heterocycles. The molecule has 2 aromatic rings. The fourth-order valence-corrected chi connectivity index (χ4v) is 3.87. The predicted octanol–water partition coefficient (Wildman–Crippen LogP) is 1.36. The van der Waals surface area contributed by atoms with Crippen LogP contribution in [0.25, 0.3) is 11.3 Å². The van der Waals surface area contributed by atoms with Gasteiger partial charge in [-0.2, -0.15) is 4.98 Å². The molecule has 0 unspecified atom stereocenters. The molecular formula is C16H20N4O3S. The van der Waals surface area contributed by atoms with Crippen LogP contribution >= 0.6 is 0 Å². The summed E-state index contributed by atoms with van der Waals surface area (Å²) in [5, 5.41) is 0. The molecule has 1 fully saturated rings. The van der Waals surface area contributed by atoms with Crippen LogP contribution in [0, 0.1) is 0 Å². The Kier molecular flexibility index (Phi) is 4.68. The average molecular weight is 348 g/mol. The van der Waals surface area contributed by atoms with Crippen molar-refractivity contribution in [3.05, 3.63) is 30.3 Å². The first kappa shape index (κ1) is 16.7. The maximum Gasteiger partial charge on any atom is 0.222 e. The van der Waals surface area contributed by atoms with E-state index in [1.54, 1.807) is 6.92 Å². The second kappa shape index (κ2) is 6.74. The number of ether oxygens (including phenoxy) is 1. The third-order valence-corrected chi connectivity index (χ3v) is 5.67. The number of anilines is 2. The molecule has 0 amide bonds. The zero-order chi connectivity index (χ0) is 17.2. The molecule has 2 N–H and O–H groups in total. The van der Waals surface area contributed by atoms with Crippen molar-refractivity contribution >= 4 is 21.6 Å². The highest BCUT2D eigenvalue weighted by atomic mass is 32.2. The van der Waals surface area contributed by atoms with Crippen molar-refractivity contribution in [3.8, 4) is 11.3 Å². The summed E-state index contributed by atoms with van der Waals surface area (Å²) < 4.78 is 30.9. The van der Waals surface area contributed by atoms with E-state index < -0.39 is 9.84 Å². The highest BCUT2D eigenvalue weighted by molar-refractivity contribution is 7.91. The Morgan fingerprint density at radius 1 is 1.17 bits per heavy atom. The Morgan fingerprint density at radius 3 is 2.46 bits per heavy atom. The van der Waals surface area contributed by atoms with Gasteiger partial charge in [0.15, 0.2) is 15.7 Å². The van der Waals surface area contributed by atoms with Gasteiger partial charge in [0.1, 0.15) is 4.90 Å². The first-order chi connectivity index (χ1) is 11.5. The fourth-order valence-electron chi connectivity index (χ4n) is 2.67. The number of sulfone groups is 1. The van der Waals surface area contributed by atoms with Gasteiger partial charge in [-0.1, -0.05) is 37.3 Å². The normalized spacial score (nSPS) is 15.5. The molecule has 0 bridgehead atoms. The first-order valence-electron chi connectivity index (χ1n) is 7.81. The third kappa shape index (κ3) is 3.20. The zero-order valence-electron chi connectivity index (χ0n) is 13.5. The second-order valence-corrected chi connectivity index (χ2v) is 7.67. The third-order valence-electron chi connectivity index (χ3n) is 3.91. The lowest BCUT2D eigenvalue weighted by atomic mass is 10.1. The van der Waals surface area contributed by atoms with Crippen molar-refractivity contribution in [1.29, 1.82) is 0 Å². The van der Waals surface area contributed by atoms with E-state index in [-0.39, 0.29) is 16.6 Å². The van der Waals surface area contributed by atoms with Crippen LogP contribution in [0.4, 0.5) is 11.8 Å². The first-order valence-corrected chi connectivity index (χ1v) is 9.46. The molecule has 0 saturated carbocycles. The lowest BCUT2D eigenvalue weighted by molar-refractivity contribution is 0.122. The average Bonchev–Trinajstić information content (AvgIpc) is 2.62. The molecular weight excluding hydrogens is 328 g/mol. The zero-order valence-corrected chi connectivity index (χ0v) is 14.3. The van der Waals surface area contributed by atoms with Gasteiger partial charge in [-0.25, -0.2) is 13.4 Å². The molecule has 0 spiro atoms. The van der Waals surface area contributed by atoms with Gasteiger partial charge >= 0.3 is 0 Å². The Morgan fingerprint density at radius 2 is 1.83 bits per heavy atom. The Hall–Kier alpha value is -2.19. The van der Waals surface area contributed by atoms with Crippen LogP contribution in [0.3, 0.4) is 0 Å². The SMILES string of the molecule is CCS(=O)(=O)c1c(-c2ccccc2)nc(N)nc1N1CCOCC1. The van der Waals surface area contributed by atoms with E-state index >= 15 is 0 Å². The molecule has 1 aliphatic rings. The number of nitrogens with two attached hydrogens (primary N) is 1. The van der Waals surface area contributed by atoms with Crippen LogP contribution < -0.4 is 10.6 Å². The number of nitrogens with zero attached hydrogens (tertiary/aromatic N) is 3. The van der Waals surface area contributed by atoms with Crippen LogP contribution in [-0.2, 0) is 14.6 Å². The minimum atomic E-state index is -3.54. The van der Waals surface area contributed by atoms with Gasteiger partial charge in [-0.05, 0) is 0 Å². The monoisotopic (exact) mass is 348 g/mol. The molecule has 1 aromatic carbocycles. The standard InChI is InChI=1S/C16H20N4O3S/c1-2-24(21,22)14-13(12-6-4-3-5-7-12)18-16(17)19-15(14)20-8-10-23-11-9-20/h3-7H,2,8-11H2,1H3,(H2,17,18,19). The van der Waals surface area contributed by atoms with Gasteiger partial charge in [0.05, 0.1) is 24.7 Å². The topological polar surface area (TPSA) is 98.4 Å². The molecule has 128 valence electrons. The number of hydrogen-bond donors (Lipinski definition) is 1. The van der Waals surface area contributed by atoms with Gasteiger partial charge in [0.2, 0.25) is 5.95 Å². The molecule has 3 rings (SSSR count). The van der Waals surface area contributed by atoms with Gasteiger partial charge in [0, 0.05) is 18.7 Å². The van der Waals surface area contributed by atoms with Crippen LogP contribution in [-0.4, -0.2) is 50.4 Å². The summed E-state index contributed by atoms with van der Waals surface area (Å²) in [7, 11) is -3.54. The van der Waals surface area contributed by atoms with E-state index in [9.17, 15) is 8.42 Å². The number of nitrogen functional groups attached to an aromatic ring is 1. The molecule has 1 aliphatic heterocycles. The number of hydrogen-bond acceptors (Lipinski definition) is 7. The Bertz CT molecular complexity index is 819.